The lowest BCUT2D eigenvalue weighted by Gasteiger charge is -2.33. The Hall–Kier alpha value is -3.12. The van der Waals surface area contributed by atoms with Gasteiger partial charge in [-0.05, 0) is 63.8 Å². The van der Waals surface area contributed by atoms with Gasteiger partial charge in [0.2, 0.25) is 5.71 Å². The minimum atomic E-state index is -0.460. The van der Waals surface area contributed by atoms with E-state index in [0.717, 1.165) is 44.6 Å². The summed E-state index contributed by atoms with van der Waals surface area (Å²) < 4.78 is 5.44. The van der Waals surface area contributed by atoms with Gasteiger partial charge in [-0.15, -0.1) is 0 Å². The molecule has 1 amide bonds. The van der Waals surface area contributed by atoms with Crippen molar-refractivity contribution in [1.29, 1.82) is 10.7 Å². The highest BCUT2D eigenvalue weighted by atomic mass is 16.6. The summed E-state index contributed by atoms with van der Waals surface area (Å²) in [4.78, 5) is 13.9. The summed E-state index contributed by atoms with van der Waals surface area (Å²) in [5.41, 5.74) is 9.20. The average Bonchev–Trinajstić information content (AvgIpc) is 2.68. The lowest BCUT2D eigenvalue weighted by atomic mass is 9.97. The van der Waals surface area contributed by atoms with E-state index >= 15 is 0 Å². The zero-order valence-corrected chi connectivity index (χ0v) is 17.9. The van der Waals surface area contributed by atoms with E-state index in [1.165, 1.54) is 0 Å². The third-order valence-corrected chi connectivity index (χ3v) is 4.64. The van der Waals surface area contributed by atoms with E-state index in [0.29, 0.717) is 11.6 Å². The van der Waals surface area contributed by atoms with E-state index < -0.39 is 5.60 Å². The molecule has 0 unspecified atom stereocenters. The number of hydrogen-bond acceptors (Lipinski definition) is 7. The minimum absolute atomic E-state index is 0.154. The zero-order valence-electron chi connectivity index (χ0n) is 17.9. The van der Waals surface area contributed by atoms with Gasteiger partial charge in [0.05, 0.1) is 5.69 Å². The van der Waals surface area contributed by atoms with Crippen LogP contribution in [0.4, 0.5) is 10.5 Å². The predicted octanol–water partition coefficient (Wildman–Crippen LogP) is 2.65. The molecule has 30 heavy (non-hydrogen) atoms. The highest BCUT2D eigenvalue weighted by molar-refractivity contribution is 6.45. The molecule has 1 fully saturated rings. The smallest absolute Gasteiger partial charge is 0.410 e. The van der Waals surface area contributed by atoms with Gasteiger partial charge in [-0.3, -0.25) is 10.8 Å². The minimum Gasteiger partial charge on any atom is -0.444 e. The molecule has 5 N–H and O–H groups in total. The summed E-state index contributed by atoms with van der Waals surface area (Å²) in [7, 11) is 0. The maximum Gasteiger partial charge on any atom is 0.410 e. The summed E-state index contributed by atoms with van der Waals surface area (Å²) in [6, 6.07) is 9.41. The van der Waals surface area contributed by atoms with Crippen molar-refractivity contribution in [3.63, 3.8) is 0 Å². The van der Waals surface area contributed by atoms with E-state index in [4.69, 9.17) is 21.1 Å². The van der Waals surface area contributed by atoms with Gasteiger partial charge in [0.25, 0.3) is 0 Å². The standard InChI is InChI=1S/C21H31N7O2/c1-21(2,3)30-20(29)28-10-8-16(9-11-28)14-25-13-15-4-6-17(7-5-15)26-27-18(12-22)19(23)24/h4-7,16,25-26H,8-11,13-14H2,1-3H3,(H3,23,24)/b27-18+. The third kappa shape index (κ3) is 7.72. The molecule has 1 aliphatic heterocycles. The van der Waals surface area contributed by atoms with Gasteiger partial charge in [-0.25, -0.2) is 4.79 Å². The number of ether oxygens (including phenoxy) is 1. The first-order valence-electron chi connectivity index (χ1n) is 10.0. The Balaban J connectivity index is 1.71. The Bertz CT molecular complexity index is 798. The Morgan fingerprint density at radius 1 is 1.33 bits per heavy atom. The maximum atomic E-state index is 12.1. The van der Waals surface area contributed by atoms with Crippen molar-refractivity contribution in [3.8, 4) is 6.07 Å². The summed E-state index contributed by atoms with van der Waals surface area (Å²) >= 11 is 0. The Morgan fingerprint density at radius 2 is 1.97 bits per heavy atom. The van der Waals surface area contributed by atoms with Gasteiger partial charge in [-0.1, -0.05) is 12.1 Å². The van der Waals surface area contributed by atoms with Crippen LogP contribution in [-0.2, 0) is 11.3 Å². The van der Waals surface area contributed by atoms with Gasteiger partial charge in [0.15, 0.2) is 5.84 Å². The molecule has 0 aromatic heterocycles. The van der Waals surface area contributed by atoms with Crippen LogP contribution >= 0.6 is 0 Å². The fourth-order valence-corrected chi connectivity index (χ4v) is 3.03. The van der Waals surface area contributed by atoms with Crippen LogP contribution in [0.25, 0.3) is 0 Å². The topological polar surface area (TPSA) is 140 Å². The molecule has 0 spiro atoms. The molecule has 0 aliphatic carbocycles. The molecule has 1 heterocycles. The van der Waals surface area contributed by atoms with Crippen LogP contribution in [0.3, 0.4) is 0 Å². The van der Waals surface area contributed by atoms with Crippen LogP contribution in [0.15, 0.2) is 29.4 Å². The molecule has 0 radical (unpaired) electrons. The number of amidine groups is 1. The van der Waals surface area contributed by atoms with Crippen molar-refractivity contribution in [2.45, 2.75) is 45.8 Å². The molecule has 1 aliphatic rings. The summed E-state index contributed by atoms with van der Waals surface area (Å²) in [6.07, 6.45) is 1.70. The van der Waals surface area contributed by atoms with Gasteiger partial charge in [-0.2, -0.15) is 10.4 Å². The fourth-order valence-electron chi connectivity index (χ4n) is 3.03. The molecule has 9 nitrogen and oxygen atoms in total. The zero-order chi connectivity index (χ0) is 22.1. The molecule has 1 saturated heterocycles. The van der Waals surface area contributed by atoms with Gasteiger partial charge in [0.1, 0.15) is 11.7 Å². The van der Waals surface area contributed by atoms with Crippen molar-refractivity contribution in [3.05, 3.63) is 29.8 Å². The first-order chi connectivity index (χ1) is 14.2. The van der Waals surface area contributed by atoms with Crippen LogP contribution in [0.1, 0.15) is 39.2 Å². The fraction of sp³-hybridized carbons (Fsp3) is 0.524. The number of benzene rings is 1. The number of carbonyl (C=O) groups excluding carboxylic acids is 1. The van der Waals surface area contributed by atoms with Crippen LogP contribution < -0.4 is 16.5 Å². The number of anilines is 1. The number of rotatable bonds is 7. The molecule has 162 valence electrons. The van der Waals surface area contributed by atoms with Crippen molar-refractivity contribution >= 4 is 23.3 Å². The summed E-state index contributed by atoms with van der Waals surface area (Å²) in [6.45, 7) is 8.75. The Labute approximate surface area is 177 Å². The number of amides is 1. The second-order valence-corrected chi connectivity index (χ2v) is 8.34. The highest BCUT2D eigenvalue weighted by Gasteiger charge is 2.26. The van der Waals surface area contributed by atoms with Crippen LogP contribution in [-0.4, -0.2) is 47.8 Å². The number of nitrogens with one attached hydrogen (secondary N) is 3. The first-order valence-corrected chi connectivity index (χ1v) is 10.0. The van der Waals surface area contributed by atoms with E-state index in [2.05, 4.69) is 15.8 Å². The predicted molar refractivity (Wildman–Crippen MR) is 117 cm³/mol. The van der Waals surface area contributed by atoms with E-state index in [9.17, 15) is 4.79 Å². The number of nitriles is 1. The molecule has 0 atom stereocenters. The molecule has 0 bridgehead atoms. The summed E-state index contributed by atoms with van der Waals surface area (Å²) in [5, 5.41) is 23.3. The normalized spacial score (nSPS) is 15.4. The van der Waals surface area contributed by atoms with Crippen molar-refractivity contribution in [2.24, 2.45) is 16.8 Å². The number of carbonyl (C=O) groups is 1. The Morgan fingerprint density at radius 3 is 2.50 bits per heavy atom. The van der Waals surface area contributed by atoms with Crippen molar-refractivity contribution < 1.29 is 9.53 Å². The lowest BCUT2D eigenvalue weighted by Crippen LogP contribution is -2.43. The van der Waals surface area contributed by atoms with Gasteiger partial charge in [0, 0.05) is 19.6 Å². The second-order valence-electron chi connectivity index (χ2n) is 8.34. The highest BCUT2D eigenvalue weighted by Crippen LogP contribution is 2.19. The molecule has 2 rings (SSSR count). The SMILES string of the molecule is CC(C)(C)OC(=O)N1CCC(CNCc2ccc(N/N=C(\C#N)C(=N)N)cc2)CC1. The second kappa shape index (κ2) is 10.6. The van der Waals surface area contributed by atoms with Crippen molar-refractivity contribution in [1.82, 2.24) is 10.2 Å². The van der Waals surface area contributed by atoms with Crippen LogP contribution in [0.5, 0.6) is 0 Å². The quantitative estimate of drug-likeness (QED) is 0.308. The molecular weight excluding hydrogens is 382 g/mol. The number of nitrogens with zero attached hydrogens (tertiary/aromatic N) is 3. The first kappa shape index (κ1) is 23.2. The molecule has 0 saturated carbocycles. The summed E-state index contributed by atoms with van der Waals surface area (Å²) in [5.74, 6) is 0.165. The largest absolute Gasteiger partial charge is 0.444 e. The van der Waals surface area contributed by atoms with E-state index in [1.54, 1.807) is 11.0 Å². The third-order valence-electron chi connectivity index (χ3n) is 4.64. The Kier molecular flexibility index (Phi) is 8.18. The van der Waals surface area contributed by atoms with E-state index in [-0.39, 0.29) is 17.6 Å². The van der Waals surface area contributed by atoms with Crippen molar-refractivity contribution in [2.75, 3.05) is 25.1 Å². The number of hydrazone groups is 1. The number of hydrogen-bond donors (Lipinski definition) is 4. The number of nitrogens with two attached hydrogens (primary N) is 1. The van der Waals surface area contributed by atoms with Crippen LogP contribution in [0, 0.1) is 22.7 Å². The molecular formula is C21H31N7O2. The monoisotopic (exact) mass is 413 g/mol. The molecule has 1 aromatic carbocycles. The van der Waals surface area contributed by atoms with Gasteiger partial charge >= 0.3 is 6.09 Å². The van der Waals surface area contributed by atoms with E-state index in [1.807, 2.05) is 45.0 Å². The number of likely N-dealkylation sites (tertiary alicyclic amines) is 1. The maximum absolute atomic E-state index is 12.1. The average molecular weight is 414 g/mol. The number of piperidine rings is 1. The van der Waals surface area contributed by atoms with Gasteiger partial charge < -0.3 is 20.7 Å². The molecule has 1 aromatic rings. The lowest BCUT2D eigenvalue weighted by molar-refractivity contribution is 0.0184. The molecule has 9 heteroatoms. The van der Waals surface area contributed by atoms with Crippen LogP contribution in [0.2, 0.25) is 0 Å².